The highest BCUT2D eigenvalue weighted by molar-refractivity contribution is 5.88. The van der Waals surface area contributed by atoms with Crippen molar-refractivity contribution < 1.29 is 14.3 Å². The number of epoxide rings is 2. The second-order valence-electron chi connectivity index (χ2n) is 4.38. The summed E-state index contributed by atoms with van der Waals surface area (Å²) in [5.74, 6) is 1.28. The maximum atomic E-state index is 11.2. The average molecular weight is 166 g/mol. The van der Waals surface area contributed by atoms with E-state index < -0.39 is 0 Å². The summed E-state index contributed by atoms with van der Waals surface area (Å²) in [7, 11) is 0. The molecule has 0 aromatic rings. The Kier molecular flexibility index (Phi) is 0.820. The second-order valence-corrected chi connectivity index (χ2v) is 4.38. The van der Waals surface area contributed by atoms with Crippen molar-refractivity contribution >= 4 is 5.78 Å². The highest BCUT2D eigenvalue weighted by Gasteiger charge is 2.67. The Morgan fingerprint density at radius 1 is 1.17 bits per heavy atom. The van der Waals surface area contributed by atoms with Crippen molar-refractivity contribution in [3.63, 3.8) is 0 Å². The minimum atomic E-state index is 0.289. The van der Waals surface area contributed by atoms with Crippen LogP contribution in [0.5, 0.6) is 0 Å². The molecule has 0 N–H and O–H groups in total. The smallest absolute Gasteiger partial charge is 0.136 e. The molecule has 0 bridgehead atoms. The summed E-state index contributed by atoms with van der Waals surface area (Å²) in [5.41, 5.74) is 0. The Labute approximate surface area is 70.0 Å². The third-order valence-electron chi connectivity index (χ3n) is 3.78. The van der Waals surface area contributed by atoms with E-state index in [0.717, 1.165) is 12.8 Å². The quantitative estimate of drug-likeness (QED) is 0.480. The zero-order valence-electron chi connectivity index (χ0n) is 6.60. The third kappa shape index (κ3) is 0.559. The van der Waals surface area contributed by atoms with E-state index in [-0.39, 0.29) is 5.92 Å². The van der Waals surface area contributed by atoms with E-state index in [1.165, 1.54) is 0 Å². The number of ketones is 1. The maximum absolute atomic E-state index is 11.2. The van der Waals surface area contributed by atoms with Gasteiger partial charge in [0.2, 0.25) is 0 Å². The van der Waals surface area contributed by atoms with Crippen molar-refractivity contribution in [2.45, 2.75) is 37.3 Å². The van der Waals surface area contributed by atoms with Gasteiger partial charge in [-0.15, -0.1) is 0 Å². The largest absolute Gasteiger partial charge is 0.367 e. The van der Waals surface area contributed by atoms with Crippen LogP contribution in [0.3, 0.4) is 0 Å². The number of carbonyl (C=O) groups excluding carboxylic acids is 1. The Hall–Kier alpha value is -0.410. The summed E-state index contributed by atoms with van der Waals surface area (Å²) in [6.07, 6.45) is 3.20. The lowest BCUT2D eigenvalue weighted by Gasteiger charge is -2.33. The highest BCUT2D eigenvalue weighted by atomic mass is 16.7. The number of ether oxygens (including phenoxy) is 2. The zero-order chi connectivity index (χ0) is 7.87. The van der Waals surface area contributed by atoms with Crippen LogP contribution >= 0.6 is 0 Å². The predicted molar refractivity (Wildman–Crippen MR) is 38.5 cm³/mol. The molecule has 12 heavy (non-hydrogen) atoms. The monoisotopic (exact) mass is 166 g/mol. The third-order valence-corrected chi connectivity index (χ3v) is 3.78. The summed E-state index contributed by atoms with van der Waals surface area (Å²) in [6, 6.07) is 0. The zero-order valence-corrected chi connectivity index (χ0v) is 6.60. The molecule has 6 atom stereocenters. The van der Waals surface area contributed by atoms with Crippen molar-refractivity contribution in [3.05, 3.63) is 0 Å². The van der Waals surface area contributed by atoms with Crippen LogP contribution < -0.4 is 0 Å². The van der Waals surface area contributed by atoms with Gasteiger partial charge in [-0.3, -0.25) is 4.79 Å². The molecular formula is C9H10O3. The summed E-state index contributed by atoms with van der Waals surface area (Å²) in [4.78, 5) is 11.2. The maximum Gasteiger partial charge on any atom is 0.136 e. The minimum absolute atomic E-state index is 0.289. The van der Waals surface area contributed by atoms with Gasteiger partial charge in [0.1, 0.15) is 18.0 Å². The van der Waals surface area contributed by atoms with E-state index in [2.05, 4.69) is 0 Å². The van der Waals surface area contributed by atoms with Crippen LogP contribution in [0.25, 0.3) is 0 Å². The molecule has 3 nitrogen and oxygen atoms in total. The van der Waals surface area contributed by atoms with E-state index in [1.54, 1.807) is 0 Å². The number of Topliss-reactive ketones (excluding diaryl/α,β-unsaturated/α-hetero) is 1. The first kappa shape index (κ1) is 6.11. The Balaban J connectivity index is 1.69. The molecule has 2 heterocycles. The standard InChI is InChI=1S/C9H10O3/c10-5-1-4-3(5)2-6-8(11-6)9-7(4)12-9/h3-4,6-9H,1-2H2/t3-,4-,6+,7-,8+,9-/m1/s1. The molecule has 4 fully saturated rings. The van der Waals surface area contributed by atoms with Gasteiger partial charge in [0.05, 0.1) is 12.2 Å². The normalized spacial score (nSPS) is 65.2. The van der Waals surface area contributed by atoms with Crippen molar-refractivity contribution in [1.82, 2.24) is 0 Å². The average Bonchev–Trinajstić information content (AvgIpc) is 2.86. The molecule has 2 aliphatic heterocycles. The predicted octanol–water partition coefficient (Wildman–Crippen LogP) is 0.130. The van der Waals surface area contributed by atoms with Crippen LogP contribution in [0.15, 0.2) is 0 Å². The highest BCUT2D eigenvalue weighted by Crippen LogP contribution is 2.55. The van der Waals surface area contributed by atoms with Gasteiger partial charge in [0, 0.05) is 18.3 Å². The van der Waals surface area contributed by atoms with Crippen molar-refractivity contribution in [3.8, 4) is 0 Å². The van der Waals surface area contributed by atoms with Crippen LogP contribution in [0.1, 0.15) is 12.8 Å². The number of fused-ring (bicyclic) bond motifs is 5. The Morgan fingerprint density at radius 2 is 2.08 bits per heavy atom. The molecule has 4 rings (SSSR count). The van der Waals surface area contributed by atoms with Crippen LogP contribution in [0, 0.1) is 11.8 Å². The van der Waals surface area contributed by atoms with Crippen LogP contribution in [-0.2, 0) is 14.3 Å². The van der Waals surface area contributed by atoms with Gasteiger partial charge in [0.25, 0.3) is 0 Å². The van der Waals surface area contributed by atoms with E-state index in [1.807, 2.05) is 0 Å². The molecule has 64 valence electrons. The van der Waals surface area contributed by atoms with Crippen molar-refractivity contribution in [1.29, 1.82) is 0 Å². The van der Waals surface area contributed by atoms with Crippen LogP contribution in [0.4, 0.5) is 0 Å². The molecule has 0 radical (unpaired) electrons. The fraction of sp³-hybridized carbons (Fsp3) is 0.889. The molecule has 2 aliphatic carbocycles. The molecule has 2 saturated carbocycles. The summed E-state index contributed by atoms with van der Waals surface area (Å²) in [5, 5.41) is 0. The first-order valence-electron chi connectivity index (χ1n) is 4.68. The lowest BCUT2D eigenvalue weighted by Crippen LogP contribution is -2.40. The fourth-order valence-electron chi connectivity index (χ4n) is 2.89. The van der Waals surface area contributed by atoms with Gasteiger partial charge >= 0.3 is 0 Å². The van der Waals surface area contributed by atoms with Gasteiger partial charge in [-0.05, 0) is 6.42 Å². The van der Waals surface area contributed by atoms with Crippen LogP contribution in [-0.4, -0.2) is 30.2 Å². The van der Waals surface area contributed by atoms with Gasteiger partial charge in [0.15, 0.2) is 0 Å². The van der Waals surface area contributed by atoms with Gasteiger partial charge in [-0.1, -0.05) is 0 Å². The Bertz CT molecular complexity index is 275. The van der Waals surface area contributed by atoms with E-state index >= 15 is 0 Å². The Morgan fingerprint density at radius 3 is 2.92 bits per heavy atom. The van der Waals surface area contributed by atoms with Crippen LogP contribution in [0.2, 0.25) is 0 Å². The number of rotatable bonds is 0. The second kappa shape index (κ2) is 1.61. The van der Waals surface area contributed by atoms with Crippen molar-refractivity contribution in [2.24, 2.45) is 11.8 Å². The molecule has 3 heteroatoms. The molecule has 0 unspecified atom stereocenters. The minimum Gasteiger partial charge on any atom is -0.367 e. The summed E-state index contributed by atoms with van der Waals surface area (Å²) < 4.78 is 11.0. The van der Waals surface area contributed by atoms with Crippen molar-refractivity contribution in [2.75, 3.05) is 0 Å². The first-order valence-corrected chi connectivity index (χ1v) is 4.68. The van der Waals surface area contributed by atoms with E-state index in [4.69, 9.17) is 9.47 Å². The molecule has 0 amide bonds. The van der Waals surface area contributed by atoms with Gasteiger partial charge in [-0.2, -0.15) is 0 Å². The van der Waals surface area contributed by atoms with E-state index in [0.29, 0.717) is 36.1 Å². The number of hydrogen-bond acceptors (Lipinski definition) is 3. The first-order chi connectivity index (χ1) is 5.84. The topological polar surface area (TPSA) is 42.1 Å². The molecule has 0 aromatic carbocycles. The fourth-order valence-corrected chi connectivity index (χ4v) is 2.89. The number of carbonyl (C=O) groups is 1. The molecule has 0 spiro atoms. The van der Waals surface area contributed by atoms with E-state index in [9.17, 15) is 4.79 Å². The van der Waals surface area contributed by atoms with Gasteiger partial charge < -0.3 is 9.47 Å². The molecular weight excluding hydrogens is 156 g/mol. The summed E-state index contributed by atoms with van der Waals surface area (Å²) >= 11 is 0. The van der Waals surface area contributed by atoms with Gasteiger partial charge in [-0.25, -0.2) is 0 Å². The lowest BCUT2D eigenvalue weighted by molar-refractivity contribution is -0.135. The molecule has 2 saturated heterocycles. The lowest BCUT2D eigenvalue weighted by atomic mass is 9.69. The number of hydrogen-bond donors (Lipinski definition) is 0. The summed E-state index contributed by atoms with van der Waals surface area (Å²) in [6.45, 7) is 0. The molecule has 4 aliphatic rings. The SMILES string of the molecule is O=C1C[C@H]2[C@H]3O[C@H]3[C@H]3O[C@H]3C[C@@H]12. The molecule has 0 aromatic heterocycles.